The number of aryl methyl sites for hydroxylation is 2. The van der Waals surface area contributed by atoms with Crippen molar-refractivity contribution < 1.29 is 9.15 Å². The highest BCUT2D eigenvalue weighted by atomic mass is 16.5. The maximum Gasteiger partial charge on any atom is 0.226 e. The zero-order valence-corrected chi connectivity index (χ0v) is 15.8. The van der Waals surface area contributed by atoms with Gasteiger partial charge in [-0.2, -0.15) is 0 Å². The molecule has 0 aliphatic carbocycles. The van der Waals surface area contributed by atoms with Gasteiger partial charge in [0.1, 0.15) is 5.76 Å². The zero-order valence-electron chi connectivity index (χ0n) is 15.8. The summed E-state index contributed by atoms with van der Waals surface area (Å²) < 4.78 is 11.3. The minimum absolute atomic E-state index is 0.0557. The fourth-order valence-corrected chi connectivity index (χ4v) is 2.91. The lowest BCUT2D eigenvalue weighted by Gasteiger charge is -2.26. The number of hydrogen-bond acceptors (Lipinski definition) is 5. The molecule has 5 nitrogen and oxygen atoms in total. The summed E-state index contributed by atoms with van der Waals surface area (Å²) in [7, 11) is 3.76. The number of rotatable bonds is 7. The minimum atomic E-state index is 0.0557. The highest BCUT2D eigenvalue weighted by molar-refractivity contribution is 5.54. The van der Waals surface area contributed by atoms with E-state index in [0.29, 0.717) is 19.0 Å². The van der Waals surface area contributed by atoms with Crippen LogP contribution in [0, 0.1) is 13.8 Å². The second-order valence-electron chi connectivity index (χ2n) is 6.53. The molecular weight excluding hydrogens is 326 g/mol. The summed E-state index contributed by atoms with van der Waals surface area (Å²) in [5.41, 5.74) is 4.12. The number of benzene rings is 1. The molecule has 2 heterocycles. The molecule has 5 heteroatoms. The van der Waals surface area contributed by atoms with Crippen LogP contribution in [0.15, 0.2) is 53.1 Å². The van der Waals surface area contributed by atoms with Crippen LogP contribution in [0.3, 0.4) is 0 Å². The summed E-state index contributed by atoms with van der Waals surface area (Å²) in [5.74, 6) is 1.50. The lowest BCUT2D eigenvalue weighted by molar-refractivity contribution is 0.0991. The molecule has 0 unspecified atom stereocenters. The molecule has 0 bridgehead atoms. The van der Waals surface area contributed by atoms with Gasteiger partial charge in [0.05, 0.1) is 24.0 Å². The Bertz CT molecular complexity index is 828. The molecule has 0 aliphatic rings. The van der Waals surface area contributed by atoms with E-state index in [4.69, 9.17) is 14.1 Å². The van der Waals surface area contributed by atoms with Crippen molar-refractivity contribution in [2.45, 2.75) is 26.4 Å². The molecule has 1 atom stereocenters. The van der Waals surface area contributed by atoms with Crippen LogP contribution in [0.1, 0.15) is 28.8 Å². The van der Waals surface area contributed by atoms with E-state index in [1.807, 2.05) is 43.5 Å². The van der Waals surface area contributed by atoms with Crippen LogP contribution in [-0.4, -0.2) is 35.6 Å². The molecule has 1 aromatic carbocycles. The summed E-state index contributed by atoms with van der Waals surface area (Å²) in [6, 6.07) is 14.2. The first kappa shape index (κ1) is 18.3. The molecule has 0 spiro atoms. The van der Waals surface area contributed by atoms with Gasteiger partial charge in [0, 0.05) is 25.4 Å². The Kier molecular flexibility index (Phi) is 5.81. The van der Waals surface area contributed by atoms with Gasteiger partial charge in [-0.3, -0.25) is 9.88 Å². The highest BCUT2D eigenvalue weighted by Crippen LogP contribution is 2.25. The summed E-state index contributed by atoms with van der Waals surface area (Å²) in [5, 5.41) is 0. The molecule has 0 N–H and O–H groups in total. The Labute approximate surface area is 154 Å². The molecule has 0 saturated heterocycles. The molecule has 2 aromatic heterocycles. The first-order valence-corrected chi connectivity index (χ1v) is 8.72. The van der Waals surface area contributed by atoms with E-state index in [-0.39, 0.29) is 6.04 Å². The minimum Gasteiger partial charge on any atom is -0.441 e. The van der Waals surface area contributed by atoms with Gasteiger partial charge in [0.15, 0.2) is 0 Å². The first-order chi connectivity index (χ1) is 12.6. The smallest absolute Gasteiger partial charge is 0.226 e. The lowest BCUT2D eigenvalue weighted by atomic mass is 10.1. The van der Waals surface area contributed by atoms with E-state index in [0.717, 1.165) is 22.7 Å². The van der Waals surface area contributed by atoms with Crippen molar-refractivity contribution in [2.75, 3.05) is 20.8 Å². The van der Waals surface area contributed by atoms with Crippen LogP contribution in [0.5, 0.6) is 0 Å². The topological polar surface area (TPSA) is 51.4 Å². The molecule has 3 rings (SSSR count). The van der Waals surface area contributed by atoms with Crippen molar-refractivity contribution in [1.82, 2.24) is 14.9 Å². The van der Waals surface area contributed by atoms with Crippen molar-refractivity contribution >= 4 is 0 Å². The van der Waals surface area contributed by atoms with Crippen LogP contribution >= 0.6 is 0 Å². The Morgan fingerprint density at radius 1 is 1.12 bits per heavy atom. The molecular formula is C21H25N3O2. The molecule has 0 amide bonds. The van der Waals surface area contributed by atoms with E-state index >= 15 is 0 Å². The van der Waals surface area contributed by atoms with Crippen LogP contribution in [0.2, 0.25) is 0 Å². The van der Waals surface area contributed by atoms with E-state index in [1.54, 1.807) is 7.11 Å². The van der Waals surface area contributed by atoms with Gasteiger partial charge >= 0.3 is 0 Å². The zero-order chi connectivity index (χ0) is 18.5. The van der Waals surface area contributed by atoms with Gasteiger partial charge in [-0.15, -0.1) is 0 Å². The van der Waals surface area contributed by atoms with Crippen LogP contribution in [-0.2, 0) is 11.3 Å². The van der Waals surface area contributed by atoms with E-state index in [2.05, 4.69) is 36.0 Å². The van der Waals surface area contributed by atoms with Crippen LogP contribution < -0.4 is 0 Å². The summed E-state index contributed by atoms with van der Waals surface area (Å²) in [4.78, 5) is 11.4. The largest absolute Gasteiger partial charge is 0.441 e. The second kappa shape index (κ2) is 8.25. The van der Waals surface area contributed by atoms with Crippen molar-refractivity contribution in [3.63, 3.8) is 0 Å². The normalized spacial score (nSPS) is 12.5. The summed E-state index contributed by atoms with van der Waals surface area (Å²) in [6.07, 6.45) is 1.81. The SMILES string of the molecule is COC[C@H](c1ccccn1)N(C)Cc1nc(-c2ccc(C)cc2)oc1C. The lowest BCUT2D eigenvalue weighted by Crippen LogP contribution is -2.28. The number of oxazole rings is 1. The summed E-state index contributed by atoms with van der Waals surface area (Å²) >= 11 is 0. The van der Waals surface area contributed by atoms with Crippen LogP contribution in [0.4, 0.5) is 0 Å². The molecule has 0 fully saturated rings. The average Bonchev–Trinajstić information content (AvgIpc) is 3.01. The Balaban J connectivity index is 1.80. The van der Waals surface area contributed by atoms with Crippen molar-refractivity contribution in [1.29, 1.82) is 0 Å². The Hall–Kier alpha value is -2.50. The van der Waals surface area contributed by atoms with E-state index in [9.17, 15) is 0 Å². The predicted molar refractivity (Wildman–Crippen MR) is 102 cm³/mol. The molecule has 136 valence electrons. The number of methoxy groups -OCH3 is 1. The average molecular weight is 351 g/mol. The number of hydrogen-bond donors (Lipinski definition) is 0. The second-order valence-corrected chi connectivity index (χ2v) is 6.53. The van der Waals surface area contributed by atoms with Crippen molar-refractivity contribution in [3.8, 4) is 11.5 Å². The fourth-order valence-electron chi connectivity index (χ4n) is 2.91. The van der Waals surface area contributed by atoms with Gasteiger partial charge in [0.2, 0.25) is 5.89 Å². The van der Waals surface area contributed by atoms with Crippen LogP contribution in [0.25, 0.3) is 11.5 Å². The number of ether oxygens (including phenoxy) is 1. The predicted octanol–water partition coefficient (Wildman–Crippen LogP) is 4.17. The van der Waals surface area contributed by atoms with Crippen molar-refractivity contribution in [2.24, 2.45) is 0 Å². The maximum absolute atomic E-state index is 5.90. The molecule has 0 saturated carbocycles. The monoisotopic (exact) mass is 351 g/mol. The molecule has 26 heavy (non-hydrogen) atoms. The highest BCUT2D eigenvalue weighted by Gasteiger charge is 2.21. The number of pyridine rings is 1. The quantitative estimate of drug-likeness (QED) is 0.639. The third-order valence-corrected chi connectivity index (χ3v) is 4.48. The number of aromatic nitrogens is 2. The molecule has 0 aliphatic heterocycles. The van der Waals surface area contributed by atoms with Gasteiger partial charge in [-0.05, 0) is 45.2 Å². The molecule has 0 radical (unpaired) electrons. The van der Waals surface area contributed by atoms with Gasteiger partial charge < -0.3 is 9.15 Å². The molecule has 3 aromatic rings. The Morgan fingerprint density at radius 2 is 1.88 bits per heavy atom. The van der Waals surface area contributed by atoms with Gasteiger partial charge in [-0.25, -0.2) is 4.98 Å². The van der Waals surface area contributed by atoms with E-state index in [1.165, 1.54) is 5.56 Å². The van der Waals surface area contributed by atoms with Gasteiger partial charge in [-0.1, -0.05) is 23.8 Å². The van der Waals surface area contributed by atoms with Crippen molar-refractivity contribution in [3.05, 3.63) is 71.4 Å². The third-order valence-electron chi connectivity index (χ3n) is 4.48. The third kappa shape index (κ3) is 4.18. The first-order valence-electron chi connectivity index (χ1n) is 8.72. The Morgan fingerprint density at radius 3 is 2.54 bits per heavy atom. The fraction of sp³-hybridized carbons (Fsp3) is 0.333. The standard InChI is InChI=1S/C21H25N3O2/c1-15-8-10-17(11-9-15)21-23-19(16(2)26-21)13-24(3)20(14-25-4)18-7-5-6-12-22-18/h5-12,20H,13-14H2,1-4H3/t20-/m1/s1. The van der Waals surface area contributed by atoms with E-state index < -0.39 is 0 Å². The number of nitrogens with zero attached hydrogens (tertiary/aromatic N) is 3. The van der Waals surface area contributed by atoms with Gasteiger partial charge in [0.25, 0.3) is 0 Å². The number of likely N-dealkylation sites (N-methyl/N-ethyl adjacent to an activating group) is 1. The summed E-state index contributed by atoms with van der Waals surface area (Å²) in [6.45, 7) is 5.25. The maximum atomic E-state index is 5.90.